The van der Waals surface area contributed by atoms with E-state index in [2.05, 4.69) is 0 Å². The zero-order chi connectivity index (χ0) is 18.0. The van der Waals surface area contributed by atoms with Crippen LogP contribution in [0, 0.1) is 0 Å². The zero-order valence-electron chi connectivity index (χ0n) is 14.0. The average molecular weight is 341 g/mol. The topological polar surface area (TPSA) is 80.9 Å². The minimum Gasteiger partial charge on any atom is -0.506 e. The van der Waals surface area contributed by atoms with Gasteiger partial charge in [-0.15, -0.1) is 0 Å². The lowest BCUT2D eigenvalue weighted by Crippen LogP contribution is -2.14. The van der Waals surface area contributed by atoms with E-state index in [1.165, 1.54) is 13.2 Å². The maximum atomic E-state index is 13.1. The number of nitrogens with zero attached hydrogens (tertiary/aromatic N) is 1. The highest BCUT2D eigenvalue weighted by Gasteiger charge is 2.17. The zero-order valence-corrected chi connectivity index (χ0v) is 14.0. The predicted octanol–water partition coefficient (Wildman–Crippen LogP) is 2.38. The number of aromatic nitrogens is 1. The molecule has 25 heavy (non-hydrogen) atoms. The van der Waals surface area contributed by atoms with Crippen LogP contribution in [0.5, 0.6) is 17.2 Å². The molecule has 0 atom stereocenters. The Labute approximate surface area is 144 Å². The van der Waals surface area contributed by atoms with Crippen molar-refractivity contribution in [2.75, 3.05) is 20.8 Å². The number of aliphatic hydroxyl groups excluding tert-OH is 1. The minimum absolute atomic E-state index is 0.0392. The maximum Gasteiger partial charge on any atom is 0.201 e. The number of pyridine rings is 1. The van der Waals surface area contributed by atoms with Gasteiger partial charge >= 0.3 is 0 Å². The number of phenolic OH excluding ortho intramolecular Hbond substituents is 1. The van der Waals surface area contributed by atoms with E-state index in [1.807, 2.05) is 0 Å². The Kier molecular flexibility index (Phi) is 4.63. The van der Waals surface area contributed by atoms with Gasteiger partial charge in [0.25, 0.3) is 0 Å². The summed E-state index contributed by atoms with van der Waals surface area (Å²) in [7, 11) is 3.05. The Morgan fingerprint density at radius 2 is 1.76 bits per heavy atom. The van der Waals surface area contributed by atoms with E-state index in [4.69, 9.17) is 9.47 Å². The Morgan fingerprint density at radius 3 is 2.36 bits per heavy atom. The van der Waals surface area contributed by atoms with E-state index in [0.717, 1.165) is 0 Å². The Hall–Kier alpha value is -2.99. The van der Waals surface area contributed by atoms with Crippen LogP contribution in [0.25, 0.3) is 22.0 Å². The molecule has 0 fully saturated rings. The van der Waals surface area contributed by atoms with E-state index in [9.17, 15) is 15.0 Å². The van der Waals surface area contributed by atoms with E-state index < -0.39 is 0 Å². The van der Waals surface area contributed by atoms with Gasteiger partial charge in [0.2, 0.25) is 5.43 Å². The van der Waals surface area contributed by atoms with Crippen molar-refractivity contribution in [3.05, 3.63) is 52.8 Å². The summed E-state index contributed by atoms with van der Waals surface area (Å²) < 4.78 is 12.1. The second-order valence-electron chi connectivity index (χ2n) is 5.53. The summed E-state index contributed by atoms with van der Waals surface area (Å²) in [6.07, 6.45) is 1.64. The van der Waals surface area contributed by atoms with Gasteiger partial charge in [0, 0.05) is 18.3 Å². The van der Waals surface area contributed by atoms with Crippen LogP contribution >= 0.6 is 0 Å². The van der Waals surface area contributed by atoms with Crippen molar-refractivity contribution in [3.8, 4) is 28.4 Å². The summed E-state index contributed by atoms with van der Waals surface area (Å²) in [5, 5.41) is 19.9. The normalized spacial score (nSPS) is 10.8. The molecule has 0 saturated carbocycles. The molecule has 0 aliphatic rings. The number of fused-ring (bicyclic) bond motifs is 1. The molecule has 3 rings (SSSR count). The first-order chi connectivity index (χ1) is 12.1. The van der Waals surface area contributed by atoms with Crippen LogP contribution < -0.4 is 14.9 Å². The van der Waals surface area contributed by atoms with Gasteiger partial charge in [-0.25, -0.2) is 0 Å². The van der Waals surface area contributed by atoms with E-state index in [0.29, 0.717) is 28.1 Å². The Bertz CT molecular complexity index is 960. The van der Waals surface area contributed by atoms with Crippen molar-refractivity contribution in [2.45, 2.75) is 6.54 Å². The first-order valence-corrected chi connectivity index (χ1v) is 7.79. The van der Waals surface area contributed by atoms with Gasteiger partial charge in [0.05, 0.1) is 31.7 Å². The van der Waals surface area contributed by atoms with Gasteiger partial charge in [-0.1, -0.05) is 12.1 Å². The quantitative estimate of drug-likeness (QED) is 0.745. The van der Waals surface area contributed by atoms with Crippen molar-refractivity contribution in [1.29, 1.82) is 0 Å². The highest BCUT2D eigenvalue weighted by atomic mass is 16.5. The molecule has 130 valence electrons. The molecule has 1 heterocycles. The Morgan fingerprint density at radius 1 is 1.04 bits per heavy atom. The van der Waals surface area contributed by atoms with Crippen LogP contribution in [-0.4, -0.2) is 35.6 Å². The third kappa shape index (κ3) is 2.92. The monoisotopic (exact) mass is 341 g/mol. The van der Waals surface area contributed by atoms with E-state index in [-0.39, 0.29) is 29.7 Å². The Balaban J connectivity index is 2.36. The molecule has 0 radical (unpaired) electrons. The maximum absolute atomic E-state index is 13.1. The summed E-state index contributed by atoms with van der Waals surface area (Å²) in [6.45, 7) is 0.108. The number of hydrogen-bond acceptors (Lipinski definition) is 5. The fourth-order valence-electron chi connectivity index (χ4n) is 2.92. The van der Waals surface area contributed by atoms with Gasteiger partial charge in [-0.2, -0.15) is 0 Å². The molecule has 3 aromatic rings. The molecule has 0 spiro atoms. The number of aliphatic hydroxyl groups is 1. The standard InChI is InChI=1S/C19H19NO5/c1-24-13-5-3-12(4-6-13)14-11-20(9-10-21)18-15(22)7-8-16(25-2)17(18)19(14)23/h3-8,11,21-22H,9-10H2,1-2H3. The van der Waals surface area contributed by atoms with Crippen molar-refractivity contribution < 1.29 is 19.7 Å². The number of benzene rings is 2. The molecule has 2 aromatic carbocycles. The number of phenols is 1. The van der Waals surface area contributed by atoms with Crippen LogP contribution in [0.3, 0.4) is 0 Å². The summed E-state index contributed by atoms with van der Waals surface area (Å²) in [5.41, 5.74) is 1.26. The number of ether oxygens (including phenoxy) is 2. The molecule has 0 aliphatic heterocycles. The summed E-state index contributed by atoms with van der Waals surface area (Å²) >= 11 is 0. The third-order valence-electron chi connectivity index (χ3n) is 4.12. The first-order valence-electron chi connectivity index (χ1n) is 7.79. The van der Waals surface area contributed by atoms with Gasteiger partial charge in [-0.05, 0) is 29.8 Å². The van der Waals surface area contributed by atoms with Crippen LogP contribution in [0.4, 0.5) is 0 Å². The molecule has 0 amide bonds. The van der Waals surface area contributed by atoms with Crippen LogP contribution in [0.2, 0.25) is 0 Å². The molecular formula is C19H19NO5. The second-order valence-corrected chi connectivity index (χ2v) is 5.53. The fourth-order valence-corrected chi connectivity index (χ4v) is 2.92. The average Bonchev–Trinajstić information content (AvgIpc) is 2.64. The van der Waals surface area contributed by atoms with Crippen molar-refractivity contribution in [1.82, 2.24) is 4.57 Å². The van der Waals surface area contributed by atoms with Crippen molar-refractivity contribution in [3.63, 3.8) is 0 Å². The number of aromatic hydroxyl groups is 1. The molecule has 0 bridgehead atoms. The molecule has 6 nitrogen and oxygen atoms in total. The smallest absolute Gasteiger partial charge is 0.201 e. The number of methoxy groups -OCH3 is 2. The van der Waals surface area contributed by atoms with Crippen LogP contribution in [0.15, 0.2) is 47.4 Å². The largest absolute Gasteiger partial charge is 0.506 e. The SMILES string of the molecule is COc1ccc(-c2cn(CCO)c3c(O)ccc(OC)c3c2=O)cc1. The predicted molar refractivity (Wildman–Crippen MR) is 95.5 cm³/mol. The van der Waals surface area contributed by atoms with Crippen LogP contribution in [0.1, 0.15) is 0 Å². The minimum atomic E-state index is -0.248. The van der Waals surface area contributed by atoms with Crippen LogP contribution in [-0.2, 0) is 6.54 Å². The van der Waals surface area contributed by atoms with Crippen molar-refractivity contribution >= 4 is 10.9 Å². The van der Waals surface area contributed by atoms with Gasteiger partial charge in [0.1, 0.15) is 17.2 Å². The first kappa shape index (κ1) is 16.9. The molecule has 2 N–H and O–H groups in total. The summed E-state index contributed by atoms with van der Waals surface area (Å²) in [4.78, 5) is 13.1. The molecule has 0 aliphatic carbocycles. The number of hydrogen-bond donors (Lipinski definition) is 2. The molecule has 0 unspecified atom stereocenters. The lowest BCUT2D eigenvalue weighted by atomic mass is 10.0. The van der Waals surface area contributed by atoms with Gasteiger partial charge < -0.3 is 24.3 Å². The fraction of sp³-hybridized carbons (Fsp3) is 0.211. The summed E-state index contributed by atoms with van der Waals surface area (Å²) in [6, 6.07) is 10.2. The second kappa shape index (κ2) is 6.86. The lowest BCUT2D eigenvalue weighted by Gasteiger charge is -2.16. The molecule has 6 heteroatoms. The number of rotatable bonds is 5. The van der Waals surface area contributed by atoms with E-state index >= 15 is 0 Å². The summed E-state index contributed by atoms with van der Waals surface area (Å²) in [5.74, 6) is 1.03. The van der Waals surface area contributed by atoms with Gasteiger partial charge in [0.15, 0.2) is 0 Å². The van der Waals surface area contributed by atoms with Crippen molar-refractivity contribution in [2.24, 2.45) is 0 Å². The van der Waals surface area contributed by atoms with E-state index in [1.54, 1.807) is 48.2 Å². The third-order valence-corrected chi connectivity index (χ3v) is 4.12. The van der Waals surface area contributed by atoms with Gasteiger partial charge in [-0.3, -0.25) is 4.79 Å². The lowest BCUT2D eigenvalue weighted by molar-refractivity contribution is 0.277. The molecular weight excluding hydrogens is 322 g/mol. The molecule has 0 saturated heterocycles. The highest BCUT2D eigenvalue weighted by molar-refractivity contribution is 5.93. The highest BCUT2D eigenvalue weighted by Crippen LogP contribution is 2.32. The molecule has 1 aromatic heterocycles.